The lowest BCUT2D eigenvalue weighted by molar-refractivity contribution is -0.120. The van der Waals surface area contributed by atoms with Crippen molar-refractivity contribution in [1.82, 2.24) is 10.4 Å². The van der Waals surface area contributed by atoms with Crippen LogP contribution in [0.5, 0.6) is 0 Å². The SMILES string of the molecule is Cc1nc(CC(=O)N/N=C\c2ccc(-c3cc(Cl)ccc3Cl)o2)cs1. The second-order valence-electron chi connectivity index (χ2n) is 5.15. The number of hydrogen-bond donors (Lipinski definition) is 1. The minimum absolute atomic E-state index is 0.184. The van der Waals surface area contributed by atoms with Gasteiger partial charge in [-0.1, -0.05) is 23.2 Å². The average Bonchev–Trinajstić information content (AvgIpc) is 3.19. The Balaban J connectivity index is 1.62. The zero-order valence-corrected chi connectivity index (χ0v) is 15.5. The van der Waals surface area contributed by atoms with Crippen molar-refractivity contribution in [3.63, 3.8) is 0 Å². The van der Waals surface area contributed by atoms with Crippen LogP contribution < -0.4 is 5.43 Å². The number of carbonyl (C=O) groups excluding carboxylic acids is 1. The van der Waals surface area contributed by atoms with Crippen molar-refractivity contribution < 1.29 is 9.21 Å². The van der Waals surface area contributed by atoms with Crippen LogP contribution >= 0.6 is 34.5 Å². The molecule has 0 saturated carbocycles. The molecule has 25 heavy (non-hydrogen) atoms. The Labute approximate surface area is 158 Å². The highest BCUT2D eigenvalue weighted by Gasteiger charge is 2.09. The summed E-state index contributed by atoms with van der Waals surface area (Å²) in [5, 5.41) is 7.77. The number of aryl methyl sites for hydroxylation is 1. The first-order chi connectivity index (χ1) is 12.0. The standard InChI is InChI=1S/C17H13Cl2N3O2S/c1-10-21-12(9-25-10)7-17(23)22-20-8-13-3-5-16(24-13)14-6-11(18)2-4-15(14)19/h2-6,8-9H,7H2,1H3,(H,22,23)/b20-8-. The highest BCUT2D eigenvalue weighted by atomic mass is 35.5. The number of amides is 1. The van der Waals surface area contributed by atoms with Crippen molar-refractivity contribution >= 4 is 46.7 Å². The molecule has 0 bridgehead atoms. The molecule has 5 nitrogen and oxygen atoms in total. The fourth-order valence-corrected chi connectivity index (χ4v) is 3.11. The molecule has 1 aromatic carbocycles. The van der Waals surface area contributed by atoms with Gasteiger partial charge in [0.05, 0.1) is 28.4 Å². The lowest BCUT2D eigenvalue weighted by atomic mass is 10.2. The number of nitrogens with one attached hydrogen (secondary N) is 1. The summed E-state index contributed by atoms with van der Waals surface area (Å²) in [4.78, 5) is 16.0. The van der Waals surface area contributed by atoms with Crippen molar-refractivity contribution in [3.8, 4) is 11.3 Å². The molecule has 1 N–H and O–H groups in total. The zero-order valence-electron chi connectivity index (χ0n) is 13.1. The van der Waals surface area contributed by atoms with Crippen molar-refractivity contribution in [2.75, 3.05) is 0 Å². The van der Waals surface area contributed by atoms with Gasteiger partial charge < -0.3 is 4.42 Å². The Morgan fingerprint density at radius 3 is 2.96 bits per heavy atom. The second kappa shape index (κ2) is 7.82. The van der Waals surface area contributed by atoms with Gasteiger partial charge in [-0.05, 0) is 37.3 Å². The summed E-state index contributed by atoms with van der Waals surface area (Å²) < 4.78 is 5.65. The molecule has 1 amide bonds. The van der Waals surface area contributed by atoms with Gasteiger partial charge in [-0.15, -0.1) is 11.3 Å². The number of aromatic nitrogens is 1. The van der Waals surface area contributed by atoms with Gasteiger partial charge >= 0.3 is 0 Å². The van der Waals surface area contributed by atoms with Crippen molar-refractivity contribution in [3.05, 3.63) is 62.2 Å². The summed E-state index contributed by atoms with van der Waals surface area (Å²) in [5.74, 6) is 0.806. The quantitative estimate of drug-likeness (QED) is 0.503. The van der Waals surface area contributed by atoms with Crippen LogP contribution in [0.4, 0.5) is 0 Å². The molecule has 0 spiro atoms. The van der Waals surface area contributed by atoms with Crippen LogP contribution in [0.15, 0.2) is 45.2 Å². The Morgan fingerprint density at radius 2 is 2.20 bits per heavy atom. The number of benzene rings is 1. The second-order valence-corrected chi connectivity index (χ2v) is 7.06. The largest absolute Gasteiger partial charge is 0.455 e. The van der Waals surface area contributed by atoms with Crippen molar-refractivity contribution in [2.24, 2.45) is 5.10 Å². The zero-order chi connectivity index (χ0) is 17.8. The maximum atomic E-state index is 11.8. The van der Waals surface area contributed by atoms with Gasteiger partial charge in [0, 0.05) is 16.0 Å². The van der Waals surface area contributed by atoms with Crippen LogP contribution in [0, 0.1) is 6.92 Å². The molecule has 0 saturated heterocycles. The molecule has 3 aromatic rings. The maximum Gasteiger partial charge on any atom is 0.246 e. The van der Waals surface area contributed by atoms with Gasteiger partial charge in [-0.3, -0.25) is 4.79 Å². The van der Waals surface area contributed by atoms with E-state index in [0.29, 0.717) is 27.1 Å². The molecule has 8 heteroatoms. The minimum Gasteiger partial charge on any atom is -0.455 e. The smallest absolute Gasteiger partial charge is 0.246 e. The summed E-state index contributed by atoms with van der Waals surface area (Å²) in [6.45, 7) is 1.89. The Kier molecular flexibility index (Phi) is 5.53. The van der Waals surface area contributed by atoms with Gasteiger partial charge in [0.2, 0.25) is 5.91 Å². The summed E-state index contributed by atoms with van der Waals surface area (Å²) in [6.07, 6.45) is 1.61. The number of thiazole rings is 1. The Hall–Kier alpha value is -2.15. The molecule has 3 rings (SSSR count). The number of halogens is 2. The highest BCUT2D eigenvalue weighted by molar-refractivity contribution is 7.09. The number of hydrogen-bond acceptors (Lipinski definition) is 5. The number of rotatable bonds is 5. The molecule has 2 aromatic heterocycles. The molecular formula is C17H13Cl2N3O2S. The van der Waals surface area contributed by atoms with Crippen LogP contribution in [0.25, 0.3) is 11.3 Å². The average molecular weight is 394 g/mol. The van der Waals surface area contributed by atoms with E-state index < -0.39 is 0 Å². The lowest BCUT2D eigenvalue weighted by Crippen LogP contribution is -2.19. The number of carbonyl (C=O) groups is 1. The molecule has 128 valence electrons. The van der Waals surface area contributed by atoms with Gasteiger partial charge in [0.15, 0.2) is 0 Å². The summed E-state index contributed by atoms with van der Waals surface area (Å²) in [7, 11) is 0. The predicted molar refractivity (Wildman–Crippen MR) is 100 cm³/mol. The number of nitrogens with zero attached hydrogens (tertiary/aromatic N) is 2. The molecule has 0 atom stereocenters. The highest BCUT2D eigenvalue weighted by Crippen LogP contribution is 2.31. The molecule has 2 heterocycles. The molecule has 0 fully saturated rings. The molecule has 0 unspecified atom stereocenters. The van der Waals surface area contributed by atoms with E-state index >= 15 is 0 Å². The van der Waals surface area contributed by atoms with Gasteiger partial charge in [-0.25, -0.2) is 10.4 Å². The third-order valence-corrected chi connectivity index (χ3v) is 4.60. The van der Waals surface area contributed by atoms with E-state index in [2.05, 4.69) is 15.5 Å². The van der Waals surface area contributed by atoms with E-state index in [9.17, 15) is 4.79 Å². The molecular weight excluding hydrogens is 381 g/mol. The van der Waals surface area contributed by atoms with E-state index in [0.717, 1.165) is 10.7 Å². The van der Waals surface area contributed by atoms with E-state index in [1.165, 1.54) is 17.6 Å². The van der Waals surface area contributed by atoms with Gasteiger partial charge in [0.1, 0.15) is 11.5 Å². The summed E-state index contributed by atoms with van der Waals surface area (Å²) in [5.41, 5.74) is 3.87. The maximum absolute atomic E-state index is 11.8. The minimum atomic E-state index is -0.244. The first kappa shape index (κ1) is 17.7. The molecule has 0 aliphatic rings. The number of furan rings is 1. The van der Waals surface area contributed by atoms with Gasteiger partial charge in [0.25, 0.3) is 0 Å². The first-order valence-corrected chi connectivity index (χ1v) is 8.93. The fourth-order valence-electron chi connectivity index (χ4n) is 2.11. The molecule has 0 aliphatic heterocycles. The lowest BCUT2D eigenvalue weighted by Gasteiger charge is -2.01. The van der Waals surface area contributed by atoms with Crippen LogP contribution in [0.2, 0.25) is 10.0 Å². The van der Waals surface area contributed by atoms with Crippen molar-refractivity contribution in [2.45, 2.75) is 13.3 Å². The summed E-state index contributed by atoms with van der Waals surface area (Å²) in [6, 6.07) is 8.63. The molecule has 0 aliphatic carbocycles. The molecule has 0 radical (unpaired) electrons. The van der Waals surface area contributed by atoms with Crippen LogP contribution in [-0.2, 0) is 11.2 Å². The van der Waals surface area contributed by atoms with Crippen molar-refractivity contribution in [1.29, 1.82) is 0 Å². The predicted octanol–water partition coefficient (Wildman–Crippen LogP) is 4.71. The van der Waals surface area contributed by atoms with Crippen LogP contribution in [0.3, 0.4) is 0 Å². The number of hydrazone groups is 1. The van der Waals surface area contributed by atoms with Crippen LogP contribution in [0.1, 0.15) is 16.5 Å². The summed E-state index contributed by atoms with van der Waals surface area (Å²) >= 11 is 13.6. The normalized spacial score (nSPS) is 11.2. The van der Waals surface area contributed by atoms with Gasteiger partial charge in [-0.2, -0.15) is 5.10 Å². The first-order valence-electron chi connectivity index (χ1n) is 7.29. The Bertz CT molecular complexity index is 934. The fraction of sp³-hybridized carbons (Fsp3) is 0.118. The Morgan fingerprint density at radius 1 is 1.36 bits per heavy atom. The van der Waals surface area contributed by atoms with E-state index in [4.69, 9.17) is 27.6 Å². The topological polar surface area (TPSA) is 67.5 Å². The van der Waals surface area contributed by atoms with E-state index in [1.54, 1.807) is 30.3 Å². The monoisotopic (exact) mass is 393 g/mol. The third kappa shape index (κ3) is 4.69. The van der Waals surface area contributed by atoms with Crippen LogP contribution in [-0.4, -0.2) is 17.1 Å². The third-order valence-electron chi connectivity index (χ3n) is 3.21. The van der Waals surface area contributed by atoms with E-state index in [-0.39, 0.29) is 12.3 Å². The van der Waals surface area contributed by atoms with E-state index in [1.807, 2.05) is 12.3 Å².